The van der Waals surface area contributed by atoms with E-state index in [0.29, 0.717) is 35.3 Å². The molecule has 0 radical (unpaired) electrons. The second-order valence-corrected chi connectivity index (χ2v) is 10.6. The van der Waals surface area contributed by atoms with Crippen LogP contribution in [0.5, 0.6) is 0 Å². The smallest absolute Gasteiger partial charge is 0.238 e. The van der Waals surface area contributed by atoms with Gasteiger partial charge in [-0.2, -0.15) is 10.1 Å². The van der Waals surface area contributed by atoms with Gasteiger partial charge in [-0.15, -0.1) is 0 Å². The molecule has 10 nitrogen and oxygen atoms in total. The summed E-state index contributed by atoms with van der Waals surface area (Å²) in [5, 5.41) is 11.3. The van der Waals surface area contributed by atoms with Gasteiger partial charge in [0.2, 0.25) is 16.0 Å². The summed E-state index contributed by atoms with van der Waals surface area (Å²) >= 11 is 0. The Morgan fingerprint density at radius 1 is 1.15 bits per heavy atom. The predicted octanol–water partition coefficient (Wildman–Crippen LogP) is 3.39. The maximum Gasteiger partial charge on any atom is 0.238 e. The van der Waals surface area contributed by atoms with E-state index in [4.69, 9.17) is 9.97 Å². The lowest BCUT2D eigenvalue weighted by Gasteiger charge is -2.10. The normalized spacial score (nSPS) is 12.3. The van der Waals surface area contributed by atoms with E-state index in [1.54, 1.807) is 13.1 Å². The zero-order chi connectivity index (χ0) is 24.0. The molecule has 0 bridgehead atoms. The average molecular weight is 479 g/mol. The molecule has 34 heavy (non-hydrogen) atoms. The highest BCUT2D eigenvalue weighted by molar-refractivity contribution is 7.90. The number of anilines is 2. The SMILES string of the molecule is CCS(=O)(=O)n1cc(CN(C)C)c2ccc(-c3nc(Nc4cc(C)[nH]n4)n4cccc4n3)cc21. The van der Waals surface area contributed by atoms with Gasteiger partial charge in [-0.05, 0) is 51.7 Å². The number of aromatic nitrogens is 6. The summed E-state index contributed by atoms with van der Waals surface area (Å²) in [6.07, 6.45) is 3.59. The van der Waals surface area contributed by atoms with Gasteiger partial charge in [-0.25, -0.2) is 17.4 Å². The Kier molecular flexibility index (Phi) is 5.37. The summed E-state index contributed by atoms with van der Waals surface area (Å²) in [5.74, 6) is 1.69. The Labute approximate surface area is 197 Å². The highest BCUT2D eigenvalue weighted by atomic mass is 32.2. The largest absolute Gasteiger partial charge is 0.308 e. The number of rotatable bonds is 7. The van der Waals surface area contributed by atoms with Crippen molar-refractivity contribution in [3.63, 3.8) is 0 Å². The van der Waals surface area contributed by atoms with Gasteiger partial charge >= 0.3 is 0 Å². The van der Waals surface area contributed by atoms with E-state index in [1.165, 1.54) is 3.97 Å². The van der Waals surface area contributed by atoms with Crippen molar-refractivity contribution in [2.75, 3.05) is 25.2 Å². The summed E-state index contributed by atoms with van der Waals surface area (Å²) in [6.45, 7) is 4.20. The Bertz CT molecular complexity index is 1610. The molecular formula is C23H26N8O2S. The Balaban J connectivity index is 1.67. The molecule has 0 unspecified atom stereocenters. The molecule has 5 rings (SSSR count). The topological polar surface area (TPSA) is 113 Å². The second kappa shape index (κ2) is 8.26. The van der Waals surface area contributed by atoms with E-state index in [0.717, 1.165) is 22.2 Å². The van der Waals surface area contributed by atoms with E-state index in [1.807, 2.05) is 72.9 Å². The van der Waals surface area contributed by atoms with Crippen LogP contribution in [0.25, 0.3) is 27.9 Å². The van der Waals surface area contributed by atoms with Gasteiger partial charge in [0.05, 0.1) is 11.3 Å². The molecule has 0 fully saturated rings. The van der Waals surface area contributed by atoms with Crippen molar-refractivity contribution in [3.05, 3.63) is 60.0 Å². The first-order chi connectivity index (χ1) is 16.2. The minimum atomic E-state index is -3.48. The Hall–Kier alpha value is -3.70. The lowest BCUT2D eigenvalue weighted by molar-refractivity contribution is 0.404. The minimum absolute atomic E-state index is 0.00613. The fourth-order valence-corrected chi connectivity index (χ4v) is 5.00. The maximum absolute atomic E-state index is 12.9. The van der Waals surface area contributed by atoms with Crippen LogP contribution in [-0.2, 0) is 16.6 Å². The van der Waals surface area contributed by atoms with Gasteiger partial charge in [-0.1, -0.05) is 12.1 Å². The number of benzene rings is 1. The summed E-state index contributed by atoms with van der Waals surface area (Å²) in [4.78, 5) is 11.5. The van der Waals surface area contributed by atoms with Gasteiger partial charge in [0.15, 0.2) is 11.6 Å². The first-order valence-electron chi connectivity index (χ1n) is 10.9. The molecular weight excluding hydrogens is 452 g/mol. The minimum Gasteiger partial charge on any atom is -0.308 e. The molecule has 0 amide bonds. The van der Waals surface area contributed by atoms with Crippen molar-refractivity contribution < 1.29 is 8.42 Å². The molecule has 2 N–H and O–H groups in total. The number of H-pyrrole nitrogens is 1. The standard InChI is InChI=1S/C23H26N8O2S/c1-5-34(32,33)31-14-17(13-29(3)4)18-9-8-16(12-19(18)31)22-25-21-7-6-10-30(21)23(26-22)24-20-11-15(2)27-28-20/h6-12,14H,5,13H2,1-4H3,(H2,24,25,26,27,28). The summed E-state index contributed by atoms with van der Waals surface area (Å²) in [5.41, 5.74) is 3.93. The maximum atomic E-state index is 12.9. The molecule has 0 saturated carbocycles. The highest BCUT2D eigenvalue weighted by Crippen LogP contribution is 2.29. The van der Waals surface area contributed by atoms with Crippen molar-refractivity contribution >= 4 is 38.3 Å². The van der Waals surface area contributed by atoms with Gasteiger partial charge in [0.1, 0.15) is 5.65 Å². The molecule has 4 heterocycles. The molecule has 176 valence electrons. The van der Waals surface area contributed by atoms with E-state index in [-0.39, 0.29) is 5.75 Å². The van der Waals surface area contributed by atoms with Crippen LogP contribution in [0.2, 0.25) is 0 Å². The third kappa shape index (κ3) is 3.93. The van der Waals surface area contributed by atoms with Crippen LogP contribution in [0, 0.1) is 6.92 Å². The summed E-state index contributed by atoms with van der Waals surface area (Å²) < 4.78 is 28.9. The lowest BCUT2D eigenvalue weighted by atomic mass is 10.1. The molecule has 0 aliphatic rings. The average Bonchev–Trinajstić information content (AvgIpc) is 3.52. The van der Waals surface area contributed by atoms with Crippen LogP contribution in [0.3, 0.4) is 0 Å². The molecule has 0 spiro atoms. The zero-order valence-electron chi connectivity index (χ0n) is 19.4. The van der Waals surface area contributed by atoms with E-state index >= 15 is 0 Å². The fourth-order valence-electron chi connectivity index (χ4n) is 3.98. The number of aromatic amines is 1. The Morgan fingerprint density at radius 3 is 2.68 bits per heavy atom. The van der Waals surface area contributed by atoms with E-state index < -0.39 is 10.0 Å². The number of nitrogens with zero attached hydrogens (tertiary/aromatic N) is 6. The van der Waals surface area contributed by atoms with Crippen molar-refractivity contribution in [2.24, 2.45) is 0 Å². The molecule has 0 atom stereocenters. The van der Waals surface area contributed by atoms with Crippen molar-refractivity contribution in [3.8, 4) is 11.4 Å². The lowest BCUT2D eigenvalue weighted by Crippen LogP contribution is -2.14. The van der Waals surface area contributed by atoms with Crippen LogP contribution in [0.15, 0.2) is 48.8 Å². The molecule has 0 aliphatic carbocycles. The number of aryl methyl sites for hydroxylation is 1. The first kappa shape index (κ1) is 22.1. The van der Waals surface area contributed by atoms with E-state index in [9.17, 15) is 8.42 Å². The number of hydrogen-bond acceptors (Lipinski definition) is 7. The van der Waals surface area contributed by atoms with Gasteiger partial charge in [0.25, 0.3) is 0 Å². The molecule has 0 aliphatic heterocycles. The first-order valence-corrected chi connectivity index (χ1v) is 12.5. The second-order valence-electron chi connectivity index (χ2n) is 8.49. The zero-order valence-corrected chi connectivity index (χ0v) is 20.3. The molecule has 0 saturated heterocycles. The third-order valence-electron chi connectivity index (χ3n) is 5.60. The van der Waals surface area contributed by atoms with Crippen LogP contribution in [0.4, 0.5) is 11.8 Å². The third-order valence-corrected chi connectivity index (χ3v) is 7.23. The van der Waals surface area contributed by atoms with Gasteiger partial charge in [-0.3, -0.25) is 9.50 Å². The van der Waals surface area contributed by atoms with Gasteiger partial charge in [0, 0.05) is 41.6 Å². The van der Waals surface area contributed by atoms with Crippen molar-refractivity contribution in [1.29, 1.82) is 0 Å². The highest BCUT2D eigenvalue weighted by Gasteiger charge is 2.19. The quantitative estimate of drug-likeness (QED) is 0.369. The summed E-state index contributed by atoms with van der Waals surface area (Å²) in [7, 11) is 0.438. The van der Waals surface area contributed by atoms with Crippen LogP contribution in [0.1, 0.15) is 18.2 Å². The van der Waals surface area contributed by atoms with E-state index in [2.05, 4.69) is 15.5 Å². The Morgan fingerprint density at radius 2 is 1.97 bits per heavy atom. The van der Waals surface area contributed by atoms with Crippen LogP contribution in [-0.4, -0.2) is 61.7 Å². The van der Waals surface area contributed by atoms with Crippen molar-refractivity contribution in [1.82, 2.24) is 33.4 Å². The number of hydrogen-bond donors (Lipinski definition) is 2. The molecule has 11 heteroatoms. The molecule has 1 aromatic carbocycles. The number of fused-ring (bicyclic) bond motifs is 2. The van der Waals surface area contributed by atoms with Crippen molar-refractivity contribution in [2.45, 2.75) is 20.4 Å². The summed E-state index contributed by atoms with van der Waals surface area (Å²) in [6, 6.07) is 11.4. The molecule has 4 aromatic heterocycles. The molecule has 5 aromatic rings. The van der Waals surface area contributed by atoms with Crippen LogP contribution >= 0.6 is 0 Å². The monoisotopic (exact) mass is 478 g/mol. The van der Waals surface area contributed by atoms with Crippen LogP contribution < -0.4 is 5.32 Å². The number of nitrogens with one attached hydrogen (secondary N) is 2. The predicted molar refractivity (Wildman–Crippen MR) is 133 cm³/mol. The van der Waals surface area contributed by atoms with Gasteiger partial charge < -0.3 is 10.2 Å². The fraction of sp³-hybridized carbons (Fsp3) is 0.261.